The van der Waals surface area contributed by atoms with Gasteiger partial charge in [0, 0.05) is 22.6 Å². The quantitative estimate of drug-likeness (QED) is 0.384. The Bertz CT molecular complexity index is 1450. The van der Waals surface area contributed by atoms with E-state index in [4.69, 9.17) is 4.42 Å². The zero-order chi connectivity index (χ0) is 22.8. The summed E-state index contributed by atoms with van der Waals surface area (Å²) in [5.74, 6) is 0.424. The Hall–Kier alpha value is -4.65. The Kier molecular flexibility index (Phi) is 5.20. The van der Waals surface area contributed by atoms with Gasteiger partial charge in [-0.25, -0.2) is 4.98 Å². The lowest BCUT2D eigenvalue weighted by Gasteiger charge is -2.09. The second-order valence-electron chi connectivity index (χ2n) is 7.50. The van der Waals surface area contributed by atoms with Gasteiger partial charge in [0.2, 0.25) is 0 Å². The Morgan fingerprint density at radius 1 is 0.818 bits per heavy atom. The van der Waals surface area contributed by atoms with E-state index < -0.39 is 0 Å². The van der Waals surface area contributed by atoms with Crippen LogP contribution in [0, 0.1) is 6.92 Å². The number of carbonyl (C=O) groups is 2. The molecule has 0 atom stereocenters. The summed E-state index contributed by atoms with van der Waals surface area (Å²) in [7, 11) is 0. The van der Waals surface area contributed by atoms with Crippen molar-refractivity contribution in [3.8, 4) is 5.69 Å². The first kappa shape index (κ1) is 20.3. The minimum atomic E-state index is -0.363. The van der Waals surface area contributed by atoms with Crippen molar-refractivity contribution in [2.75, 3.05) is 10.6 Å². The van der Waals surface area contributed by atoms with E-state index in [1.54, 1.807) is 48.5 Å². The average Bonchev–Trinajstić information content (AvgIpc) is 3.47. The highest BCUT2D eigenvalue weighted by molar-refractivity contribution is 6.07. The predicted octanol–water partition coefficient (Wildman–Crippen LogP) is 5.43. The highest BCUT2D eigenvalue weighted by atomic mass is 16.3. The number of anilines is 2. The van der Waals surface area contributed by atoms with E-state index in [0.29, 0.717) is 16.9 Å². The summed E-state index contributed by atoms with van der Waals surface area (Å²) in [5.41, 5.74) is 4.28. The molecule has 7 heteroatoms. The lowest BCUT2D eigenvalue weighted by Crippen LogP contribution is -2.13. The molecule has 162 valence electrons. The molecular formula is C26H20N4O3. The summed E-state index contributed by atoms with van der Waals surface area (Å²) >= 11 is 0. The molecule has 5 aromatic rings. The fourth-order valence-electron chi connectivity index (χ4n) is 3.72. The van der Waals surface area contributed by atoms with Gasteiger partial charge in [0.15, 0.2) is 5.76 Å². The van der Waals surface area contributed by atoms with Crippen LogP contribution >= 0.6 is 0 Å². The topological polar surface area (TPSA) is 89.2 Å². The molecule has 2 heterocycles. The number of amides is 2. The van der Waals surface area contributed by atoms with Crippen molar-refractivity contribution >= 4 is 34.2 Å². The second kappa shape index (κ2) is 8.47. The zero-order valence-electron chi connectivity index (χ0n) is 17.8. The molecule has 0 saturated carbocycles. The summed E-state index contributed by atoms with van der Waals surface area (Å²) < 4.78 is 7.16. The maximum atomic E-state index is 12.9. The number of carbonyl (C=O) groups excluding carboxylic acids is 2. The standard InChI is InChI=1S/C26H20N4O3/c1-17-27-22-15-18(12-13-23(22)30(17)21-9-3-2-4-10-21)25(31)28-19-7-5-8-20(16-19)29-26(32)24-11-6-14-33-24/h2-16H,1H3,(H,28,31)(H,29,32). The number of furan rings is 1. The molecule has 3 aromatic carbocycles. The van der Waals surface area contributed by atoms with Gasteiger partial charge < -0.3 is 15.1 Å². The van der Waals surface area contributed by atoms with Gasteiger partial charge in [0.05, 0.1) is 17.3 Å². The number of aromatic nitrogens is 2. The van der Waals surface area contributed by atoms with Crippen LogP contribution in [0.25, 0.3) is 16.7 Å². The first-order valence-corrected chi connectivity index (χ1v) is 10.4. The molecule has 0 aliphatic rings. The second-order valence-corrected chi connectivity index (χ2v) is 7.50. The third-order valence-electron chi connectivity index (χ3n) is 5.22. The van der Waals surface area contributed by atoms with E-state index in [1.807, 2.05) is 43.3 Å². The van der Waals surface area contributed by atoms with E-state index in [1.165, 1.54) is 6.26 Å². The minimum Gasteiger partial charge on any atom is -0.459 e. The van der Waals surface area contributed by atoms with Crippen LogP contribution in [-0.2, 0) is 0 Å². The van der Waals surface area contributed by atoms with Crippen molar-refractivity contribution in [1.82, 2.24) is 9.55 Å². The first-order valence-electron chi connectivity index (χ1n) is 10.4. The molecule has 0 radical (unpaired) electrons. The van der Waals surface area contributed by atoms with Crippen molar-refractivity contribution in [3.05, 3.63) is 108 Å². The van der Waals surface area contributed by atoms with Crippen LogP contribution in [0.5, 0.6) is 0 Å². The highest BCUT2D eigenvalue weighted by Crippen LogP contribution is 2.23. The molecule has 2 aromatic heterocycles. The Morgan fingerprint density at radius 2 is 1.58 bits per heavy atom. The molecule has 0 spiro atoms. The van der Waals surface area contributed by atoms with Crippen LogP contribution in [0.15, 0.2) is 95.6 Å². The lowest BCUT2D eigenvalue weighted by molar-refractivity contribution is 0.0995. The fraction of sp³-hybridized carbons (Fsp3) is 0.0385. The molecule has 0 saturated heterocycles. The molecule has 0 aliphatic carbocycles. The molecule has 0 bridgehead atoms. The van der Waals surface area contributed by atoms with Crippen molar-refractivity contribution in [3.63, 3.8) is 0 Å². The number of hydrogen-bond acceptors (Lipinski definition) is 4. The van der Waals surface area contributed by atoms with Gasteiger partial charge in [-0.05, 0) is 67.6 Å². The van der Waals surface area contributed by atoms with Crippen LogP contribution in [0.3, 0.4) is 0 Å². The maximum Gasteiger partial charge on any atom is 0.291 e. The van der Waals surface area contributed by atoms with Crippen LogP contribution in [0.1, 0.15) is 26.7 Å². The summed E-state index contributed by atoms with van der Waals surface area (Å²) in [4.78, 5) is 29.7. The Morgan fingerprint density at radius 3 is 2.30 bits per heavy atom. The number of imidazole rings is 1. The fourth-order valence-corrected chi connectivity index (χ4v) is 3.72. The van der Waals surface area contributed by atoms with Gasteiger partial charge in [-0.15, -0.1) is 0 Å². The van der Waals surface area contributed by atoms with Crippen LogP contribution in [-0.4, -0.2) is 21.4 Å². The van der Waals surface area contributed by atoms with Crippen LogP contribution in [0.4, 0.5) is 11.4 Å². The van der Waals surface area contributed by atoms with E-state index in [2.05, 4.69) is 20.2 Å². The zero-order valence-corrected chi connectivity index (χ0v) is 17.8. The largest absolute Gasteiger partial charge is 0.459 e. The van der Waals surface area contributed by atoms with Gasteiger partial charge >= 0.3 is 0 Å². The van der Waals surface area contributed by atoms with E-state index in [9.17, 15) is 9.59 Å². The number of aryl methyl sites for hydroxylation is 1. The van der Waals surface area contributed by atoms with Gasteiger partial charge in [-0.1, -0.05) is 24.3 Å². The van der Waals surface area contributed by atoms with E-state index >= 15 is 0 Å². The third kappa shape index (κ3) is 4.12. The van der Waals surface area contributed by atoms with Crippen LogP contribution in [0.2, 0.25) is 0 Å². The van der Waals surface area contributed by atoms with Crippen LogP contribution < -0.4 is 10.6 Å². The van der Waals surface area contributed by atoms with Crippen molar-refractivity contribution < 1.29 is 14.0 Å². The molecular weight excluding hydrogens is 416 g/mol. The smallest absolute Gasteiger partial charge is 0.291 e. The van der Waals surface area contributed by atoms with E-state index in [0.717, 1.165) is 22.5 Å². The molecule has 2 amide bonds. The molecule has 0 fully saturated rings. The number of rotatable bonds is 5. The molecule has 2 N–H and O–H groups in total. The monoisotopic (exact) mass is 436 g/mol. The SMILES string of the molecule is Cc1nc2cc(C(=O)Nc3cccc(NC(=O)c4ccco4)c3)ccc2n1-c1ccccc1. The third-order valence-corrected chi connectivity index (χ3v) is 5.22. The van der Waals surface area contributed by atoms with Crippen molar-refractivity contribution in [2.45, 2.75) is 6.92 Å². The lowest BCUT2D eigenvalue weighted by atomic mass is 10.1. The first-order chi connectivity index (χ1) is 16.1. The Labute approximate surface area is 189 Å². The van der Waals surface area contributed by atoms with Crippen molar-refractivity contribution in [1.29, 1.82) is 0 Å². The molecule has 0 aliphatic heterocycles. The predicted molar refractivity (Wildman–Crippen MR) is 127 cm³/mol. The normalized spacial score (nSPS) is 10.8. The van der Waals surface area contributed by atoms with Gasteiger partial charge in [-0.3, -0.25) is 14.2 Å². The molecule has 33 heavy (non-hydrogen) atoms. The van der Waals surface area contributed by atoms with Gasteiger partial charge in [0.25, 0.3) is 11.8 Å². The van der Waals surface area contributed by atoms with Gasteiger partial charge in [0.1, 0.15) is 5.82 Å². The molecule has 7 nitrogen and oxygen atoms in total. The average molecular weight is 436 g/mol. The summed E-state index contributed by atoms with van der Waals surface area (Å²) in [5, 5.41) is 5.63. The number of hydrogen-bond donors (Lipinski definition) is 2. The van der Waals surface area contributed by atoms with Gasteiger partial charge in [-0.2, -0.15) is 0 Å². The van der Waals surface area contributed by atoms with E-state index in [-0.39, 0.29) is 17.6 Å². The number of fused-ring (bicyclic) bond motifs is 1. The maximum absolute atomic E-state index is 12.9. The summed E-state index contributed by atoms with van der Waals surface area (Å²) in [6.07, 6.45) is 1.44. The van der Waals surface area contributed by atoms with Crippen molar-refractivity contribution in [2.24, 2.45) is 0 Å². The molecule has 5 rings (SSSR count). The Balaban J connectivity index is 1.36. The minimum absolute atomic E-state index is 0.211. The molecule has 0 unspecified atom stereocenters. The number of nitrogens with one attached hydrogen (secondary N) is 2. The summed E-state index contributed by atoms with van der Waals surface area (Å²) in [6, 6.07) is 25.6. The highest BCUT2D eigenvalue weighted by Gasteiger charge is 2.14. The summed E-state index contributed by atoms with van der Waals surface area (Å²) in [6.45, 7) is 1.94. The number of nitrogens with zero attached hydrogens (tertiary/aromatic N) is 2. The number of para-hydroxylation sites is 1. The number of benzene rings is 3.